The lowest BCUT2D eigenvalue weighted by Gasteiger charge is -2.04. The fraction of sp³-hybridized carbons (Fsp3) is 0.143. The van der Waals surface area contributed by atoms with Crippen LogP contribution < -0.4 is 10.5 Å². The van der Waals surface area contributed by atoms with Crippen molar-refractivity contribution in [2.24, 2.45) is 0 Å². The highest BCUT2D eigenvalue weighted by atomic mass is 32.1. The van der Waals surface area contributed by atoms with Crippen LogP contribution in [-0.4, -0.2) is 7.11 Å². The minimum Gasteiger partial charge on any atom is -0.495 e. The number of thiol groups is 1. The Balaban J connectivity index is 3.21. The van der Waals surface area contributed by atoms with Gasteiger partial charge in [0.25, 0.3) is 0 Å². The molecule has 11 heavy (non-hydrogen) atoms. The number of halogens is 1. The summed E-state index contributed by atoms with van der Waals surface area (Å²) in [5.41, 5.74) is 5.68. The number of rotatable bonds is 1. The lowest BCUT2D eigenvalue weighted by atomic mass is 10.3. The summed E-state index contributed by atoms with van der Waals surface area (Å²) < 4.78 is 17.5. The molecule has 0 fully saturated rings. The van der Waals surface area contributed by atoms with Crippen LogP contribution >= 0.6 is 12.6 Å². The second kappa shape index (κ2) is 3.00. The van der Waals surface area contributed by atoms with Crippen LogP contribution in [0.5, 0.6) is 5.75 Å². The Hall–Kier alpha value is -0.900. The fourth-order valence-electron chi connectivity index (χ4n) is 0.735. The molecule has 0 saturated heterocycles. The minimum absolute atomic E-state index is 0.232. The summed E-state index contributed by atoms with van der Waals surface area (Å²) in [6.45, 7) is 0. The Bertz CT molecular complexity index is 277. The van der Waals surface area contributed by atoms with E-state index >= 15 is 0 Å². The van der Waals surface area contributed by atoms with Gasteiger partial charge in [-0.25, -0.2) is 4.39 Å². The first-order valence-electron chi connectivity index (χ1n) is 2.97. The van der Waals surface area contributed by atoms with E-state index in [1.165, 1.54) is 19.2 Å². The molecule has 0 aromatic heterocycles. The summed E-state index contributed by atoms with van der Waals surface area (Å²) in [6.07, 6.45) is 0. The van der Waals surface area contributed by atoms with Crippen LogP contribution in [0.2, 0.25) is 0 Å². The number of ether oxygens (including phenoxy) is 1. The maximum absolute atomic E-state index is 12.7. The summed E-state index contributed by atoms with van der Waals surface area (Å²) in [4.78, 5) is 0.232. The van der Waals surface area contributed by atoms with Crippen LogP contribution in [0.4, 0.5) is 10.1 Å². The van der Waals surface area contributed by atoms with Crippen LogP contribution in [0.3, 0.4) is 0 Å². The first-order valence-corrected chi connectivity index (χ1v) is 3.42. The van der Waals surface area contributed by atoms with Gasteiger partial charge in [0, 0.05) is 11.0 Å². The molecule has 4 heteroatoms. The van der Waals surface area contributed by atoms with E-state index in [0.717, 1.165) is 0 Å². The van der Waals surface area contributed by atoms with Gasteiger partial charge in [0.1, 0.15) is 11.6 Å². The fourth-order valence-corrected chi connectivity index (χ4v) is 0.917. The average Bonchev–Trinajstić information content (AvgIpc) is 1.97. The van der Waals surface area contributed by atoms with Gasteiger partial charge in [-0.15, -0.1) is 12.6 Å². The summed E-state index contributed by atoms with van der Waals surface area (Å²) in [5.74, 6) is 0.00281. The number of methoxy groups -OCH3 is 1. The largest absolute Gasteiger partial charge is 0.495 e. The number of benzene rings is 1. The zero-order chi connectivity index (χ0) is 8.43. The maximum atomic E-state index is 12.7. The molecule has 0 saturated carbocycles. The lowest BCUT2D eigenvalue weighted by molar-refractivity contribution is 0.414. The molecular weight excluding hydrogens is 165 g/mol. The molecule has 0 heterocycles. The summed E-state index contributed by atoms with van der Waals surface area (Å²) in [6, 6.07) is 2.62. The highest BCUT2D eigenvalue weighted by Gasteiger charge is 2.04. The van der Waals surface area contributed by atoms with Gasteiger partial charge in [0.05, 0.1) is 12.8 Å². The van der Waals surface area contributed by atoms with E-state index in [-0.39, 0.29) is 10.6 Å². The van der Waals surface area contributed by atoms with E-state index in [0.29, 0.717) is 5.75 Å². The number of nitrogens with two attached hydrogens (primary N) is 1. The third-order valence-electron chi connectivity index (χ3n) is 1.30. The molecule has 0 aliphatic rings. The van der Waals surface area contributed by atoms with E-state index in [2.05, 4.69) is 12.6 Å². The van der Waals surface area contributed by atoms with Gasteiger partial charge in [0.15, 0.2) is 0 Å². The smallest absolute Gasteiger partial charge is 0.143 e. The van der Waals surface area contributed by atoms with Gasteiger partial charge in [0.2, 0.25) is 0 Å². The molecule has 0 amide bonds. The Labute approximate surface area is 69.6 Å². The van der Waals surface area contributed by atoms with Crippen molar-refractivity contribution < 1.29 is 9.13 Å². The standard InChI is InChI=1S/C7H8FNOS/c1-10-6-3-7(11)4(8)2-5(6)9/h2-3,11H,9H2,1H3. The highest BCUT2D eigenvalue weighted by Crippen LogP contribution is 2.26. The predicted molar refractivity (Wildman–Crippen MR) is 44.6 cm³/mol. The number of hydrogen-bond acceptors (Lipinski definition) is 3. The highest BCUT2D eigenvalue weighted by molar-refractivity contribution is 7.80. The van der Waals surface area contributed by atoms with E-state index in [1.807, 2.05) is 0 Å². The monoisotopic (exact) mass is 173 g/mol. The molecule has 0 aliphatic carbocycles. The van der Waals surface area contributed by atoms with Crippen LogP contribution in [0.25, 0.3) is 0 Å². The summed E-state index contributed by atoms with van der Waals surface area (Å²) in [5, 5.41) is 0. The molecule has 0 unspecified atom stereocenters. The van der Waals surface area contributed by atoms with Crippen molar-refractivity contribution in [2.45, 2.75) is 4.90 Å². The molecule has 0 aliphatic heterocycles. The van der Waals surface area contributed by atoms with E-state index < -0.39 is 5.82 Å². The second-order valence-corrected chi connectivity index (χ2v) is 2.53. The first kappa shape index (κ1) is 8.20. The average molecular weight is 173 g/mol. The van der Waals surface area contributed by atoms with E-state index in [4.69, 9.17) is 10.5 Å². The molecule has 1 aromatic rings. The molecule has 1 aromatic carbocycles. The second-order valence-electron chi connectivity index (χ2n) is 2.05. The van der Waals surface area contributed by atoms with Crippen molar-refractivity contribution in [3.05, 3.63) is 17.9 Å². The molecule has 0 radical (unpaired) electrons. The van der Waals surface area contributed by atoms with Crippen LogP contribution in [0.1, 0.15) is 0 Å². The zero-order valence-electron chi connectivity index (χ0n) is 5.97. The minimum atomic E-state index is -0.438. The Kier molecular flexibility index (Phi) is 2.24. The Morgan fingerprint density at radius 1 is 1.55 bits per heavy atom. The first-order chi connectivity index (χ1) is 5.15. The van der Waals surface area contributed by atoms with Crippen molar-refractivity contribution in [3.8, 4) is 5.75 Å². The van der Waals surface area contributed by atoms with Gasteiger partial charge in [-0.1, -0.05) is 0 Å². The van der Waals surface area contributed by atoms with Gasteiger partial charge in [-0.3, -0.25) is 0 Å². The van der Waals surface area contributed by atoms with Crippen LogP contribution in [-0.2, 0) is 0 Å². The van der Waals surface area contributed by atoms with Gasteiger partial charge >= 0.3 is 0 Å². The number of hydrogen-bond donors (Lipinski definition) is 2. The van der Waals surface area contributed by atoms with Crippen molar-refractivity contribution in [1.82, 2.24) is 0 Å². The molecular formula is C7H8FNOS. The lowest BCUT2D eigenvalue weighted by Crippen LogP contribution is -1.93. The Morgan fingerprint density at radius 2 is 2.18 bits per heavy atom. The maximum Gasteiger partial charge on any atom is 0.143 e. The molecule has 2 N–H and O–H groups in total. The molecule has 1 rings (SSSR count). The topological polar surface area (TPSA) is 35.2 Å². The van der Waals surface area contributed by atoms with Crippen molar-refractivity contribution in [2.75, 3.05) is 12.8 Å². The van der Waals surface area contributed by atoms with E-state index in [9.17, 15) is 4.39 Å². The molecule has 0 atom stereocenters. The normalized spacial score (nSPS) is 9.73. The van der Waals surface area contributed by atoms with Crippen molar-refractivity contribution >= 4 is 18.3 Å². The zero-order valence-corrected chi connectivity index (χ0v) is 6.86. The van der Waals surface area contributed by atoms with Gasteiger partial charge < -0.3 is 10.5 Å². The van der Waals surface area contributed by atoms with Crippen molar-refractivity contribution in [1.29, 1.82) is 0 Å². The van der Waals surface area contributed by atoms with Crippen LogP contribution in [0, 0.1) is 5.82 Å². The van der Waals surface area contributed by atoms with Gasteiger partial charge in [-0.05, 0) is 6.07 Å². The summed E-state index contributed by atoms with van der Waals surface area (Å²) >= 11 is 3.86. The third kappa shape index (κ3) is 1.57. The van der Waals surface area contributed by atoms with Crippen molar-refractivity contribution in [3.63, 3.8) is 0 Å². The molecule has 0 spiro atoms. The molecule has 0 bridgehead atoms. The number of anilines is 1. The quantitative estimate of drug-likeness (QED) is 0.501. The molecule has 60 valence electrons. The van der Waals surface area contributed by atoms with E-state index in [1.54, 1.807) is 0 Å². The number of nitrogen functional groups attached to an aromatic ring is 1. The molecule has 2 nitrogen and oxygen atoms in total. The third-order valence-corrected chi connectivity index (χ3v) is 1.64. The summed E-state index contributed by atoms with van der Waals surface area (Å²) in [7, 11) is 1.47. The Morgan fingerprint density at radius 3 is 2.73 bits per heavy atom. The van der Waals surface area contributed by atoms with Crippen LogP contribution in [0.15, 0.2) is 17.0 Å². The predicted octanol–water partition coefficient (Wildman–Crippen LogP) is 1.71. The van der Waals surface area contributed by atoms with Gasteiger partial charge in [-0.2, -0.15) is 0 Å². The SMILES string of the molecule is COc1cc(S)c(F)cc1N.